The summed E-state index contributed by atoms with van der Waals surface area (Å²) in [4.78, 5) is 19.6. The molecule has 0 aromatic carbocycles. The number of aromatic carboxylic acids is 1. The lowest BCUT2D eigenvalue weighted by molar-refractivity contribution is 0.0690. The van der Waals surface area contributed by atoms with E-state index in [0.29, 0.717) is 24.6 Å². The second kappa shape index (κ2) is 5.04. The van der Waals surface area contributed by atoms with Gasteiger partial charge in [-0.3, -0.25) is 4.40 Å². The highest BCUT2D eigenvalue weighted by atomic mass is 16.4. The second-order valence-corrected chi connectivity index (χ2v) is 4.27. The topological polar surface area (TPSA) is 84.5 Å². The molecule has 0 aliphatic heterocycles. The van der Waals surface area contributed by atoms with Crippen molar-refractivity contribution in [3.63, 3.8) is 0 Å². The van der Waals surface area contributed by atoms with Crippen molar-refractivity contribution >= 4 is 17.4 Å². The fourth-order valence-corrected chi connectivity index (χ4v) is 2.05. The second-order valence-electron chi connectivity index (χ2n) is 4.27. The molecule has 0 unspecified atom stereocenters. The average molecular weight is 271 g/mol. The number of nitrogens with one attached hydrogen (secondary N) is 1. The lowest BCUT2D eigenvalue weighted by Gasteiger charge is -2.05. The highest BCUT2D eigenvalue weighted by molar-refractivity contribution is 5.92. The van der Waals surface area contributed by atoms with E-state index in [2.05, 4.69) is 15.3 Å². The van der Waals surface area contributed by atoms with E-state index in [0.717, 1.165) is 0 Å². The van der Waals surface area contributed by atoms with Crippen LogP contribution in [-0.4, -0.2) is 36.6 Å². The molecule has 0 saturated heterocycles. The Balaban J connectivity index is 1.83. The third kappa shape index (κ3) is 2.20. The van der Waals surface area contributed by atoms with Crippen LogP contribution in [0.5, 0.6) is 0 Å². The van der Waals surface area contributed by atoms with Gasteiger partial charge in [-0.05, 0) is 12.1 Å². The van der Waals surface area contributed by atoms with Gasteiger partial charge in [0.15, 0.2) is 11.5 Å². The molecule has 3 heterocycles. The molecule has 0 fully saturated rings. The van der Waals surface area contributed by atoms with Crippen LogP contribution in [0.15, 0.2) is 43.1 Å². The van der Waals surface area contributed by atoms with Gasteiger partial charge in [-0.2, -0.15) is 0 Å². The molecule has 0 amide bonds. The number of fused-ring (bicyclic) bond motifs is 1. The van der Waals surface area contributed by atoms with Crippen molar-refractivity contribution in [1.29, 1.82) is 0 Å². The summed E-state index contributed by atoms with van der Waals surface area (Å²) in [7, 11) is 0. The van der Waals surface area contributed by atoms with E-state index in [9.17, 15) is 9.90 Å². The molecule has 0 aliphatic rings. The van der Waals surface area contributed by atoms with Gasteiger partial charge in [0.1, 0.15) is 5.65 Å². The van der Waals surface area contributed by atoms with Gasteiger partial charge in [0.25, 0.3) is 0 Å². The minimum atomic E-state index is -1.01. The number of anilines is 1. The van der Waals surface area contributed by atoms with Gasteiger partial charge in [0, 0.05) is 31.7 Å². The summed E-state index contributed by atoms with van der Waals surface area (Å²) >= 11 is 0. The summed E-state index contributed by atoms with van der Waals surface area (Å²) in [5.41, 5.74) is 0.751. The van der Waals surface area contributed by atoms with Gasteiger partial charge < -0.3 is 15.0 Å². The smallest absolute Gasteiger partial charge is 0.356 e. The number of imidazole rings is 2. The predicted molar refractivity (Wildman–Crippen MR) is 72.9 cm³/mol. The van der Waals surface area contributed by atoms with Crippen LogP contribution >= 0.6 is 0 Å². The van der Waals surface area contributed by atoms with Gasteiger partial charge in [-0.15, -0.1) is 0 Å². The molecule has 20 heavy (non-hydrogen) atoms. The van der Waals surface area contributed by atoms with Crippen molar-refractivity contribution in [2.45, 2.75) is 6.54 Å². The Hall–Kier alpha value is -2.83. The van der Waals surface area contributed by atoms with Gasteiger partial charge in [0.05, 0.1) is 6.33 Å². The zero-order valence-corrected chi connectivity index (χ0v) is 10.6. The summed E-state index contributed by atoms with van der Waals surface area (Å²) in [6.45, 7) is 1.26. The Morgan fingerprint density at radius 2 is 2.25 bits per heavy atom. The molecule has 3 aromatic rings. The van der Waals surface area contributed by atoms with E-state index in [4.69, 9.17) is 0 Å². The van der Waals surface area contributed by atoms with Crippen LogP contribution < -0.4 is 5.32 Å². The molecular formula is C13H13N5O2. The standard InChI is InChI=1S/C13H13N5O2/c19-13(20)11-12(15-5-8-17-7-4-14-9-17)16-10-3-1-2-6-18(10)11/h1-4,6-7,9,15H,5,8H2,(H,19,20). The van der Waals surface area contributed by atoms with Crippen LogP contribution in [0.3, 0.4) is 0 Å². The number of aromatic nitrogens is 4. The zero-order chi connectivity index (χ0) is 13.9. The Morgan fingerprint density at radius 1 is 1.35 bits per heavy atom. The fraction of sp³-hybridized carbons (Fsp3) is 0.154. The summed E-state index contributed by atoms with van der Waals surface area (Å²) in [6, 6.07) is 5.37. The van der Waals surface area contributed by atoms with Crippen LogP contribution in [0, 0.1) is 0 Å². The molecule has 7 nitrogen and oxygen atoms in total. The maximum absolute atomic E-state index is 11.4. The molecule has 3 rings (SSSR count). The molecule has 0 atom stereocenters. The van der Waals surface area contributed by atoms with Crippen LogP contribution in [0.25, 0.3) is 5.65 Å². The quantitative estimate of drug-likeness (QED) is 0.731. The van der Waals surface area contributed by atoms with Crippen molar-refractivity contribution in [3.05, 3.63) is 48.8 Å². The SMILES string of the molecule is O=C(O)c1c(NCCn2ccnc2)nc2ccccn12. The van der Waals surface area contributed by atoms with Crippen LogP contribution in [0.1, 0.15) is 10.5 Å². The Kier molecular flexibility index (Phi) is 3.08. The van der Waals surface area contributed by atoms with E-state index in [1.54, 1.807) is 35.3 Å². The largest absolute Gasteiger partial charge is 0.476 e. The Morgan fingerprint density at radius 3 is 3.00 bits per heavy atom. The van der Waals surface area contributed by atoms with Crippen molar-refractivity contribution in [2.75, 3.05) is 11.9 Å². The Bertz CT molecular complexity index is 732. The van der Waals surface area contributed by atoms with Crippen LogP contribution in [-0.2, 0) is 6.54 Å². The third-order valence-electron chi connectivity index (χ3n) is 2.95. The van der Waals surface area contributed by atoms with E-state index < -0.39 is 5.97 Å². The van der Waals surface area contributed by atoms with Crippen molar-refractivity contribution in [1.82, 2.24) is 18.9 Å². The number of carbonyl (C=O) groups is 1. The van der Waals surface area contributed by atoms with Gasteiger partial charge in [-0.25, -0.2) is 14.8 Å². The summed E-state index contributed by atoms with van der Waals surface area (Å²) in [5, 5.41) is 12.4. The summed E-state index contributed by atoms with van der Waals surface area (Å²) in [5.74, 6) is -0.627. The molecule has 0 aliphatic carbocycles. The lowest BCUT2D eigenvalue weighted by atomic mass is 10.4. The molecule has 0 radical (unpaired) electrons. The number of hydrogen-bond donors (Lipinski definition) is 2. The number of carboxylic acid groups (broad SMARTS) is 1. The zero-order valence-electron chi connectivity index (χ0n) is 10.6. The number of nitrogens with zero attached hydrogens (tertiary/aromatic N) is 4. The van der Waals surface area contributed by atoms with Crippen LogP contribution in [0.2, 0.25) is 0 Å². The van der Waals surface area contributed by atoms with Crippen molar-refractivity contribution < 1.29 is 9.90 Å². The van der Waals surface area contributed by atoms with E-state index >= 15 is 0 Å². The molecule has 0 saturated carbocycles. The minimum absolute atomic E-state index is 0.145. The summed E-state index contributed by atoms with van der Waals surface area (Å²) in [6.07, 6.45) is 6.95. The van der Waals surface area contributed by atoms with Crippen LogP contribution in [0.4, 0.5) is 5.82 Å². The Labute approximate surface area is 114 Å². The molecule has 102 valence electrons. The first-order chi connectivity index (χ1) is 9.75. The predicted octanol–water partition coefficient (Wildman–Crippen LogP) is 1.34. The number of carboxylic acids is 1. The molecule has 3 aromatic heterocycles. The van der Waals surface area contributed by atoms with E-state index in [1.165, 1.54) is 0 Å². The highest BCUT2D eigenvalue weighted by Crippen LogP contribution is 2.17. The fourth-order valence-electron chi connectivity index (χ4n) is 2.05. The lowest BCUT2D eigenvalue weighted by Crippen LogP contribution is -2.12. The molecule has 0 spiro atoms. The normalized spacial score (nSPS) is 10.8. The van der Waals surface area contributed by atoms with Gasteiger partial charge in [-0.1, -0.05) is 6.07 Å². The monoisotopic (exact) mass is 271 g/mol. The minimum Gasteiger partial charge on any atom is -0.476 e. The van der Waals surface area contributed by atoms with E-state index in [1.807, 2.05) is 16.8 Å². The molecule has 0 bridgehead atoms. The first-order valence-corrected chi connectivity index (χ1v) is 6.15. The van der Waals surface area contributed by atoms with Crippen molar-refractivity contribution in [3.8, 4) is 0 Å². The number of hydrogen-bond acceptors (Lipinski definition) is 4. The average Bonchev–Trinajstić information content (AvgIpc) is 3.05. The maximum Gasteiger partial charge on any atom is 0.356 e. The number of pyridine rings is 1. The maximum atomic E-state index is 11.4. The molecule has 7 heteroatoms. The first kappa shape index (κ1) is 12.2. The molecule has 2 N–H and O–H groups in total. The van der Waals surface area contributed by atoms with Gasteiger partial charge >= 0.3 is 5.97 Å². The van der Waals surface area contributed by atoms with Crippen molar-refractivity contribution in [2.24, 2.45) is 0 Å². The number of rotatable bonds is 5. The van der Waals surface area contributed by atoms with Gasteiger partial charge in [0.2, 0.25) is 0 Å². The highest BCUT2D eigenvalue weighted by Gasteiger charge is 2.17. The third-order valence-corrected chi connectivity index (χ3v) is 2.95. The molecular weight excluding hydrogens is 258 g/mol. The first-order valence-electron chi connectivity index (χ1n) is 6.15. The van der Waals surface area contributed by atoms with E-state index in [-0.39, 0.29) is 5.69 Å². The summed E-state index contributed by atoms with van der Waals surface area (Å²) < 4.78 is 3.46.